The Bertz CT molecular complexity index is 538. The average Bonchev–Trinajstić information content (AvgIpc) is 3.00. The van der Waals surface area contributed by atoms with E-state index in [0.29, 0.717) is 6.04 Å². The van der Waals surface area contributed by atoms with Crippen molar-refractivity contribution in [1.29, 1.82) is 0 Å². The van der Waals surface area contributed by atoms with E-state index < -0.39 is 0 Å². The monoisotopic (exact) mass is 244 g/mol. The third-order valence-corrected chi connectivity index (χ3v) is 3.36. The molecule has 1 atom stereocenters. The van der Waals surface area contributed by atoms with Crippen molar-refractivity contribution in [2.75, 3.05) is 6.54 Å². The molecule has 5 heteroatoms. The Morgan fingerprint density at radius 1 is 1.33 bits per heavy atom. The van der Waals surface area contributed by atoms with Gasteiger partial charge in [0.15, 0.2) is 0 Å². The number of aromatic nitrogens is 3. The van der Waals surface area contributed by atoms with Crippen LogP contribution in [0.4, 0.5) is 0 Å². The minimum atomic E-state index is 0.331. The molecule has 0 radical (unpaired) electrons. The van der Waals surface area contributed by atoms with Crippen LogP contribution in [0.25, 0.3) is 11.3 Å². The van der Waals surface area contributed by atoms with E-state index in [1.54, 1.807) is 6.20 Å². The Hall–Kier alpha value is -1.75. The average molecular weight is 244 g/mol. The third-order valence-electron chi connectivity index (χ3n) is 3.36. The van der Waals surface area contributed by atoms with Crippen molar-refractivity contribution in [2.24, 2.45) is 0 Å². The van der Waals surface area contributed by atoms with Gasteiger partial charge < -0.3 is 9.84 Å². The second kappa shape index (κ2) is 4.49. The zero-order valence-corrected chi connectivity index (χ0v) is 10.6. The summed E-state index contributed by atoms with van der Waals surface area (Å²) in [7, 11) is 0. The smallest absolute Gasteiger partial charge is 0.143 e. The normalized spacial score (nSPS) is 19.3. The summed E-state index contributed by atoms with van der Waals surface area (Å²) in [6.45, 7) is 4.88. The quantitative estimate of drug-likeness (QED) is 0.877. The van der Waals surface area contributed by atoms with Crippen LogP contribution in [-0.2, 0) is 0 Å². The zero-order chi connectivity index (χ0) is 12.5. The van der Waals surface area contributed by atoms with Gasteiger partial charge in [-0.3, -0.25) is 4.98 Å². The second-order valence-corrected chi connectivity index (χ2v) is 4.68. The summed E-state index contributed by atoms with van der Waals surface area (Å²) in [5.41, 5.74) is 3.67. The maximum atomic E-state index is 5.18. The maximum Gasteiger partial charge on any atom is 0.143 e. The molecule has 18 heavy (non-hydrogen) atoms. The fourth-order valence-electron chi connectivity index (χ4n) is 2.46. The van der Waals surface area contributed by atoms with Crippen molar-refractivity contribution in [2.45, 2.75) is 32.7 Å². The lowest BCUT2D eigenvalue weighted by Gasteiger charge is -2.10. The highest BCUT2D eigenvalue weighted by Gasteiger charge is 2.20. The maximum absolute atomic E-state index is 5.18. The summed E-state index contributed by atoms with van der Waals surface area (Å²) in [6.07, 6.45) is 5.93. The molecular weight excluding hydrogens is 228 g/mol. The number of aryl methyl sites for hydroxylation is 2. The highest BCUT2D eigenvalue weighted by atomic mass is 16.5. The van der Waals surface area contributed by atoms with Gasteiger partial charge in [-0.25, -0.2) is 4.98 Å². The molecule has 5 nitrogen and oxygen atoms in total. The van der Waals surface area contributed by atoms with Crippen molar-refractivity contribution in [1.82, 2.24) is 20.4 Å². The molecule has 1 aliphatic heterocycles. The topological polar surface area (TPSA) is 63.8 Å². The van der Waals surface area contributed by atoms with Gasteiger partial charge in [-0.2, -0.15) is 0 Å². The van der Waals surface area contributed by atoms with Gasteiger partial charge in [0, 0.05) is 0 Å². The Labute approximate surface area is 106 Å². The van der Waals surface area contributed by atoms with Gasteiger partial charge in [0.1, 0.15) is 5.76 Å². The van der Waals surface area contributed by atoms with Crippen molar-refractivity contribution in [3.8, 4) is 11.3 Å². The summed E-state index contributed by atoms with van der Waals surface area (Å²) in [4.78, 5) is 8.99. The van der Waals surface area contributed by atoms with Crippen LogP contribution in [0.1, 0.15) is 36.0 Å². The molecule has 0 amide bonds. The van der Waals surface area contributed by atoms with E-state index >= 15 is 0 Å². The number of nitrogens with zero attached hydrogens (tertiary/aromatic N) is 3. The Morgan fingerprint density at radius 3 is 2.89 bits per heavy atom. The molecule has 0 saturated carbocycles. The predicted octanol–water partition coefficient (Wildman–Crippen LogP) is 2.17. The molecule has 1 N–H and O–H groups in total. The number of hydrogen-bond donors (Lipinski definition) is 1. The van der Waals surface area contributed by atoms with Crippen LogP contribution in [-0.4, -0.2) is 21.7 Å². The van der Waals surface area contributed by atoms with Crippen LogP contribution >= 0.6 is 0 Å². The molecule has 1 saturated heterocycles. The van der Waals surface area contributed by atoms with Gasteiger partial charge in [0.2, 0.25) is 0 Å². The number of rotatable bonds is 2. The van der Waals surface area contributed by atoms with E-state index in [0.717, 1.165) is 41.4 Å². The molecule has 1 unspecified atom stereocenters. The second-order valence-electron chi connectivity index (χ2n) is 4.68. The first-order valence-electron chi connectivity index (χ1n) is 6.24. The highest BCUT2D eigenvalue weighted by Crippen LogP contribution is 2.27. The van der Waals surface area contributed by atoms with Gasteiger partial charge >= 0.3 is 0 Å². The fourth-order valence-corrected chi connectivity index (χ4v) is 2.46. The van der Waals surface area contributed by atoms with Gasteiger partial charge in [-0.15, -0.1) is 0 Å². The Balaban J connectivity index is 2.00. The van der Waals surface area contributed by atoms with E-state index in [9.17, 15) is 0 Å². The lowest BCUT2D eigenvalue weighted by atomic mass is 10.1. The first-order chi connectivity index (χ1) is 8.75. The van der Waals surface area contributed by atoms with Crippen molar-refractivity contribution in [3.63, 3.8) is 0 Å². The van der Waals surface area contributed by atoms with Gasteiger partial charge in [-0.1, -0.05) is 5.16 Å². The summed E-state index contributed by atoms with van der Waals surface area (Å²) in [5, 5.41) is 7.39. The van der Waals surface area contributed by atoms with Crippen LogP contribution in [0, 0.1) is 13.8 Å². The third kappa shape index (κ3) is 1.90. The van der Waals surface area contributed by atoms with Crippen LogP contribution in [0.5, 0.6) is 0 Å². The molecule has 1 fully saturated rings. The van der Waals surface area contributed by atoms with Crippen LogP contribution in [0.3, 0.4) is 0 Å². The van der Waals surface area contributed by atoms with E-state index in [4.69, 9.17) is 9.51 Å². The van der Waals surface area contributed by atoms with Crippen molar-refractivity contribution < 1.29 is 4.52 Å². The fraction of sp³-hybridized carbons (Fsp3) is 0.462. The zero-order valence-electron chi connectivity index (χ0n) is 10.6. The van der Waals surface area contributed by atoms with Crippen LogP contribution in [0.2, 0.25) is 0 Å². The number of nitrogens with one attached hydrogen (secondary N) is 1. The first-order valence-corrected chi connectivity index (χ1v) is 6.24. The largest absolute Gasteiger partial charge is 0.361 e. The molecule has 1 aliphatic rings. The predicted molar refractivity (Wildman–Crippen MR) is 67.0 cm³/mol. The standard InChI is InChI=1S/C13H16N4O/c1-8-13(9(2)18-17-8)12-7-14-6-11(16-12)10-4-3-5-15-10/h6-7,10,15H,3-5H2,1-2H3. The van der Waals surface area contributed by atoms with Crippen molar-refractivity contribution in [3.05, 3.63) is 29.5 Å². The highest BCUT2D eigenvalue weighted by molar-refractivity contribution is 5.62. The van der Waals surface area contributed by atoms with E-state index in [2.05, 4.69) is 15.5 Å². The molecule has 94 valence electrons. The Kier molecular flexibility index (Phi) is 2.83. The SMILES string of the molecule is Cc1noc(C)c1-c1cncc(C2CCCN2)n1. The molecule has 3 heterocycles. The van der Waals surface area contributed by atoms with Crippen LogP contribution in [0.15, 0.2) is 16.9 Å². The number of hydrogen-bond acceptors (Lipinski definition) is 5. The van der Waals surface area contributed by atoms with Crippen molar-refractivity contribution >= 4 is 0 Å². The molecule has 2 aromatic heterocycles. The van der Waals surface area contributed by atoms with E-state index in [1.165, 1.54) is 6.42 Å². The summed E-state index contributed by atoms with van der Waals surface area (Å²) < 4.78 is 5.18. The first kappa shape index (κ1) is 11.3. The minimum absolute atomic E-state index is 0.331. The van der Waals surface area contributed by atoms with Crippen LogP contribution < -0.4 is 5.32 Å². The molecular formula is C13H16N4O. The lowest BCUT2D eigenvalue weighted by molar-refractivity contribution is 0.393. The van der Waals surface area contributed by atoms with E-state index in [-0.39, 0.29) is 0 Å². The lowest BCUT2D eigenvalue weighted by Crippen LogP contribution is -2.14. The van der Waals surface area contributed by atoms with Gasteiger partial charge in [0.05, 0.1) is 41.1 Å². The van der Waals surface area contributed by atoms with Gasteiger partial charge in [-0.05, 0) is 33.2 Å². The summed E-state index contributed by atoms with van der Waals surface area (Å²) in [6, 6.07) is 0.331. The molecule has 0 bridgehead atoms. The summed E-state index contributed by atoms with van der Waals surface area (Å²) >= 11 is 0. The molecule has 3 rings (SSSR count). The molecule has 0 aliphatic carbocycles. The molecule has 0 aromatic carbocycles. The minimum Gasteiger partial charge on any atom is -0.361 e. The summed E-state index contributed by atoms with van der Waals surface area (Å²) in [5.74, 6) is 0.790. The van der Waals surface area contributed by atoms with E-state index in [1.807, 2.05) is 20.0 Å². The van der Waals surface area contributed by atoms with Gasteiger partial charge in [0.25, 0.3) is 0 Å². The molecule has 0 spiro atoms. The molecule has 2 aromatic rings. The Morgan fingerprint density at radius 2 is 2.22 bits per heavy atom.